The number of ketones is 1. The number of rotatable bonds is 5. The molecule has 1 rings (SSSR count). The molecule has 1 atom stereocenters. The summed E-state index contributed by atoms with van der Waals surface area (Å²) in [5.41, 5.74) is -0.967. The van der Waals surface area contributed by atoms with Crippen LogP contribution in [-0.2, 0) is 9.53 Å². The average molecular weight is 301 g/mol. The molecule has 0 N–H and O–H groups in total. The molecular weight excluding hydrogens is 291 g/mol. The first kappa shape index (κ1) is 16.5. The second-order valence-electron chi connectivity index (χ2n) is 3.75. The molecule has 0 fully saturated rings. The Morgan fingerprint density at radius 1 is 1.33 bits per heavy atom. The van der Waals surface area contributed by atoms with Crippen LogP contribution in [0, 0.1) is 34.7 Å². The van der Waals surface area contributed by atoms with Crippen LogP contribution in [0.4, 0.5) is 13.2 Å². The summed E-state index contributed by atoms with van der Waals surface area (Å²) in [6, 6.07) is 1.60. The summed E-state index contributed by atoms with van der Waals surface area (Å²) in [7, 11) is 0.877. The molecule has 0 saturated carbocycles. The Morgan fingerprint density at radius 2 is 1.95 bits per heavy atom. The smallest absolute Gasteiger partial charge is 0.331 e. The molecule has 0 radical (unpaired) electrons. The number of halogens is 3. The zero-order valence-corrected chi connectivity index (χ0v) is 11.1. The number of carbonyl (C=O) groups excluding carboxylic acids is 2. The fraction of sp³-hybridized carbons (Fsp3) is 0.308. The van der Waals surface area contributed by atoms with Gasteiger partial charge in [-0.25, -0.2) is 8.78 Å². The van der Waals surface area contributed by atoms with E-state index in [0.717, 1.165) is 7.11 Å². The Morgan fingerprint density at radius 3 is 2.43 bits per heavy atom. The predicted octanol–water partition coefficient (Wildman–Crippen LogP) is 2.00. The Labute approximate surface area is 117 Å². The number of ether oxygens (including phenoxy) is 2. The number of nitrogens with zero attached hydrogens (tertiary/aromatic N) is 1. The number of methoxy groups -OCH3 is 1. The van der Waals surface area contributed by atoms with Gasteiger partial charge < -0.3 is 9.47 Å². The van der Waals surface area contributed by atoms with Crippen molar-refractivity contribution in [1.82, 2.24) is 0 Å². The highest BCUT2D eigenvalue weighted by Crippen LogP contribution is 2.28. The maximum atomic E-state index is 13.9. The minimum atomic E-state index is -1.98. The molecule has 0 bridgehead atoms. The molecule has 1 aromatic rings. The fourth-order valence-corrected chi connectivity index (χ4v) is 1.54. The number of hydrogen-bond acceptors (Lipinski definition) is 5. The molecule has 0 aromatic heterocycles. The molecule has 0 aliphatic carbocycles. The minimum absolute atomic E-state index is 0.103. The van der Waals surface area contributed by atoms with Crippen molar-refractivity contribution >= 4 is 11.8 Å². The van der Waals surface area contributed by atoms with Gasteiger partial charge in [-0.2, -0.15) is 9.65 Å². The summed E-state index contributed by atoms with van der Waals surface area (Å²) >= 11 is 0. The van der Waals surface area contributed by atoms with Crippen molar-refractivity contribution in [3.05, 3.63) is 29.1 Å². The maximum absolute atomic E-state index is 13.9. The molecule has 8 heteroatoms. The van der Waals surface area contributed by atoms with Crippen LogP contribution in [0.3, 0.4) is 0 Å². The minimum Gasteiger partial charge on any atom is -0.491 e. The van der Waals surface area contributed by atoms with Gasteiger partial charge in [0.1, 0.15) is 0 Å². The summed E-state index contributed by atoms with van der Waals surface area (Å²) in [5.74, 6) is -10.3. The van der Waals surface area contributed by atoms with E-state index in [0.29, 0.717) is 0 Å². The predicted molar refractivity (Wildman–Crippen MR) is 62.9 cm³/mol. The van der Waals surface area contributed by atoms with Crippen molar-refractivity contribution in [2.75, 3.05) is 13.7 Å². The fourth-order valence-electron chi connectivity index (χ4n) is 1.54. The second-order valence-corrected chi connectivity index (χ2v) is 3.75. The van der Waals surface area contributed by atoms with Gasteiger partial charge in [0.2, 0.25) is 11.7 Å². The number of hydrogen-bond donors (Lipinski definition) is 0. The molecule has 0 amide bonds. The number of esters is 1. The molecule has 1 aromatic carbocycles. The molecule has 0 saturated heterocycles. The van der Waals surface area contributed by atoms with Crippen LogP contribution < -0.4 is 4.74 Å². The van der Waals surface area contributed by atoms with E-state index in [1.807, 2.05) is 0 Å². The number of Topliss-reactive ketones (excluding diaryl/α,β-unsaturated/α-hetero) is 1. The standard InChI is InChI=1S/C13H10F3NO4/c1-3-21-13(19)7(5-17)11(18)6-4-8(14)10(16)12(20-2)9(6)15/h4,7H,3H2,1-2H3. The normalized spacial score (nSPS) is 11.4. The van der Waals surface area contributed by atoms with Crippen LogP contribution in [0.15, 0.2) is 6.07 Å². The van der Waals surface area contributed by atoms with Gasteiger partial charge in [0, 0.05) is 0 Å². The number of carbonyl (C=O) groups is 2. The van der Waals surface area contributed by atoms with Crippen LogP contribution in [0.5, 0.6) is 5.75 Å². The van der Waals surface area contributed by atoms with E-state index in [1.54, 1.807) is 0 Å². The third-order valence-corrected chi connectivity index (χ3v) is 2.50. The van der Waals surface area contributed by atoms with Crippen molar-refractivity contribution in [2.24, 2.45) is 5.92 Å². The Kier molecular flexibility index (Phi) is 5.30. The Bertz CT molecular complexity index is 625. The van der Waals surface area contributed by atoms with Gasteiger partial charge in [0.25, 0.3) is 0 Å². The van der Waals surface area contributed by atoms with Crippen LogP contribution in [-0.4, -0.2) is 25.5 Å². The summed E-state index contributed by atoms with van der Waals surface area (Å²) in [6.07, 6.45) is 0. The SMILES string of the molecule is CCOC(=O)C(C#N)C(=O)c1cc(F)c(F)c(OC)c1F. The summed E-state index contributed by atoms with van der Waals surface area (Å²) < 4.78 is 49.3. The van der Waals surface area contributed by atoms with E-state index >= 15 is 0 Å². The van der Waals surface area contributed by atoms with Gasteiger partial charge in [-0.1, -0.05) is 0 Å². The van der Waals surface area contributed by atoms with Gasteiger partial charge in [-0.05, 0) is 13.0 Å². The van der Waals surface area contributed by atoms with Gasteiger partial charge in [-0.15, -0.1) is 0 Å². The van der Waals surface area contributed by atoms with Crippen molar-refractivity contribution in [1.29, 1.82) is 5.26 Å². The molecule has 5 nitrogen and oxygen atoms in total. The Balaban J connectivity index is 3.34. The lowest BCUT2D eigenvalue weighted by molar-refractivity contribution is -0.144. The monoisotopic (exact) mass is 301 g/mol. The third-order valence-electron chi connectivity index (χ3n) is 2.50. The van der Waals surface area contributed by atoms with Crippen LogP contribution in [0.2, 0.25) is 0 Å². The summed E-state index contributed by atoms with van der Waals surface area (Å²) in [5, 5.41) is 8.80. The molecule has 0 aliphatic rings. The van der Waals surface area contributed by atoms with Crippen molar-refractivity contribution in [3.63, 3.8) is 0 Å². The van der Waals surface area contributed by atoms with E-state index < -0.39 is 46.4 Å². The van der Waals surface area contributed by atoms with Gasteiger partial charge in [0.15, 0.2) is 23.2 Å². The second kappa shape index (κ2) is 6.74. The lowest BCUT2D eigenvalue weighted by atomic mass is 9.98. The van der Waals surface area contributed by atoms with Crippen molar-refractivity contribution in [2.45, 2.75) is 6.92 Å². The number of benzene rings is 1. The highest BCUT2D eigenvalue weighted by atomic mass is 19.2. The van der Waals surface area contributed by atoms with Gasteiger partial charge in [0.05, 0.1) is 25.3 Å². The molecule has 21 heavy (non-hydrogen) atoms. The molecular formula is C13H10F3NO4. The maximum Gasteiger partial charge on any atom is 0.331 e. The highest BCUT2D eigenvalue weighted by Gasteiger charge is 2.33. The van der Waals surface area contributed by atoms with Gasteiger partial charge in [-0.3, -0.25) is 9.59 Å². The van der Waals surface area contributed by atoms with Gasteiger partial charge >= 0.3 is 5.97 Å². The number of nitriles is 1. The molecule has 1 unspecified atom stereocenters. The highest BCUT2D eigenvalue weighted by molar-refractivity contribution is 6.11. The lowest BCUT2D eigenvalue weighted by Crippen LogP contribution is -2.26. The zero-order chi connectivity index (χ0) is 16.2. The first-order chi connectivity index (χ1) is 9.88. The Hall–Kier alpha value is -2.56. The van der Waals surface area contributed by atoms with E-state index in [2.05, 4.69) is 9.47 Å². The van der Waals surface area contributed by atoms with Crippen LogP contribution >= 0.6 is 0 Å². The summed E-state index contributed by atoms with van der Waals surface area (Å²) in [6.45, 7) is 1.34. The molecule has 0 aliphatic heterocycles. The average Bonchev–Trinajstić information content (AvgIpc) is 2.44. The quantitative estimate of drug-likeness (QED) is 0.360. The van der Waals surface area contributed by atoms with E-state index in [4.69, 9.17) is 5.26 Å². The topological polar surface area (TPSA) is 76.4 Å². The van der Waals surface area contributed by atoms with Crippen LogP contribution in [0.1, 0.15) is 17.3 Å². The molecule has 0 heterocycles. The molecule has 0 spiro atoms. The first-order valence-electron chi connectivity index (χ1n) is 5.70. The summed E-state index contributed by atoms with van der Waals surface area (Å²) in [4.78, 5) is 23.4. The van der Waals surface area contributed by atoms with Crippen molar-refractivity contribution < 1.29 is 32.2 Å². The zero-order valence-electron chi connectivity index (χ0n) is 11.1. The van der Waals surface area contributed by atoms with Crippen molar-refractivity contribution in [3.8, 4) is 11.8 Å². The van der Waals surface area contributed by atoms with E-state index in [9.17, 15) is 22.8 Å². The lowest BCUT2D eigenvalue weighted by Gasteiger charge is -2.11. The van der Waals surface area contributed by atoms with Crippen LogP contribution in [0.25, 0.3) is 0 Å². The van der Waals surface area contributed by atoms with E-state index in [1.165, 1.54) is 13.0 Å². The third kappa shape index (κ3) is 3.13. The molecule has 112 valence electrons. The first-order valence-corrected chi connectivity index (χ1v) is 5.70. The largest absolute Gasteiger partial charge is 0.491 e. The van der Waals surface area contributed by atoms with E-state index in [-0.39, 0.29) is 12.7 Å².